The van der Waals surface area contributed by atoms with Crippen LogP contribution < -0.4 is 0 Å². The van der Waals surface area contributed by atoms with E-state index in [4.69, 9.17) is 4.74 Å². The monoisotopic (exact) mass is 356 g/mol. The quantitative estimate of drug-likeness (QED) is 0.125. The Balaban J connectivity index is 3.16. The van der Waals surface area contributed by atoms with Crippen molar-refractivity contribution in [3.8, 4) is 0 Å². The number of rotatable bonds is 18. The van der Waals surface area contributed by atoms with Gasteiger partial charge in [0, 0.05) is 6.42 Å². The minimum absolute atomic E-state index is 0.0468. The van der Waals surface area contributed by atoms with Crippen LogP contribution in [0.5, 0.6) is 0 Å². The highest BCUT2D eigenvalue weighted by atomic mass is 32.1. The summed E-state index contributed by atoms with van der Waals surface area (Å²) in [4.78, 5) is 11.4. The molecule has 0 aliphatic rings. The highest BCUT2D eigenvalue weighted by Gasteiger charge is 2.01. The van der Waals surface area contributed by atoms with E-state index >= 15 is 0 Å². The molecule has 0 aromatic rings. The van der Waals surface area contributed by atoms with E-state index in [0.717, 1.165) is 25.0 Å². The molecule has 0 saturated carbocycles. The lowest BCUT2D eigenvalue weighted by atomic mass is 10.1. The molecule has 142 valence electrons. The molecule has 0 heterocycles. The van der Waals surface area contributed by atoms with Gasteiger partial charge in [-0.05, 0) is 44.3 Å². The minimum Gasteiger partial charge on any atom is -0.466 e. The number of carbonyl (C=O) groups excluding carboxylic acids is 1. The van der Waals surface area contributed by atoms with Gasteiger partial charge in [-0.25, -0.2) is 0 Å². The fourth-order valence-electron chi connectivity index (χ4n) is 2.66. The van der Waals surface area contributed by atoms with Crippen molar-refractivity contribution in [3.05, 3.63) is 12.2 Å². The molecule has 0 aromatic heterocycles. The number of allylic oxidation sites excluding steroid dienone is 2. The first kappa shape index (κ1) is 23.6. The van der Waals surface area contributed by atoms with Crippen LogP contribution in [0.1, 0.15) is 103 Å². The molecule has 0 amide bonds. The first-order chi connectivity index (χ1) is 11.8. The standard InChI is InChI=1S/C21H40O2S/c1-2-3-4-5-6-7-8-9-10-11-12-13-14-15-16-18-21(22)23-19-17-20-24/h9-10,24H,2-8,11-20H2,1H3. The smallest absolute Gasteiger partial charge is 0.305 e. The van der Waals surface area contributed by atoms with Crippen LogP contribution in [0.3, 0.4) is 0 Å². The van der Waals surface area contributed by atoms with Crippen molar-refractivity contribution >= 4 is 18.6 Å². The Kier molecular flexibility index (Phi) is 20.2. The molecule has 3 heteroatoms. The second-order valence-corrected chi connectivity index (χ2v) is 7.08. The molecule has 2 nitrogen and oxygen atoms in total. The van der Waals surface area contributed by atoms with Gasteiger partial charge < -0.3 is 4.74 Å². The Morgan fingerprint density at radius 1 is 0.792 bits per heavy atom. The van der Waals surface area contributed by atoms with Gasteiger partial charge in [0.2, 0.25) is 0 Å². The summed E-state index contributed by atoms with van der Waals surface area (Å²) in [5.41, 5.74) is 0. The lowest BCUT2D eigenvalue weighted by Crippen LogP contribution is -2.05. The maximum absolute atomic E-state index is 11.4. The molecule has 0 N–H and O–H groups in total. The maximum atomic E-state index is 11.4. The molecule has 0 spiro atoms. The van der Waals surface area contributed by atoms with Gasteiger partial charge in [0.05, 0.1) is 6.61 Å². The van der Waals surface area contributed by atoms with E-state index in [1.165, 1.54) is 70.6 Å². The summed E-state index contributed by atoms with van der Waals surface area (Å²) in [5, 5.41) is 0. The predicted molar refractivity (Wildman–Crippen MR) is 109 cm³/mol. The molecule has 0 atom stereocenters. The molecule has 0 saturated heterocycles. The van der Waals surface area contributed by atoms with Gasteiger partial charge in [-0.1, -0.05) is 70.4 Å². The number of hydrogen-bond donors (Lipinski definition) is 1. The van der Waals surface area contributed by atoms with Gasteiger partial charge in [0.15, 0.2) is 0 Å². The lowest BCUT2D eigenvalue weighted by molar-refractivity contribution is -0.143. The first-order valence-electron chi connectivity index (χ1n) is 10.2. The van der Waals surface area contributed by atoms with Crippen LogP contribution >= 0.6 is 12.6 Å². The molecule has 0 aromatic carbocycles. The van der Waals surface area contributed by atoms with Crippen LogP contribution in [0.4, 0.5) is 0 Å². The van der Waals surface area contributed by atoms with Gasteiger partial charge >= 0.3 is 5.97 Å². The van der Waals surface area contributed by atoms with Gasteiger partial charge in [-0.15, -0.1) is 0 Å². The largest absolute Gasteiger partial charge is 0.466 e. The van der Waals surface area contributed by atoms with Crippen LogP contribution in [0.15, 0.2) is 12.2 Å². The molecule has 0 fully saturated rings. The topological polar surface area (TPSA) is 26.3 Å². The van der Waals surface area contributed by atoms with Crippen molar-refractivity contribution in [2.45, 2.75) is 103 Å². The van der Waals surface area contributed by atoms with Gasteiger partial charge in [0.25, 0.3) is 0 Å². The molecule has 0 aliphatic carbocycles. The predicted octanol–water partition coefficient (Wildman–Crippen LogP) is 6.89. The van der Waals surface area contributed by atoms with Crippen LogP contribution in [0, 0.1) is 0 Å². The second kappa shape index (κ2) is 20.6. The van der Waals surface area contributed by atoms with E-state index < -0.39 is 0 Å². The molecular formula is C21H40O2S. The Morgan fingerprint density at radius 2 is 1.33 bits per heavy atom. The van der Waals surface area contributed by atoms with E-state index in [1.807, 2.05) is 0 Å². The summed E-state index contributed by atoms with van der Waals surface area (Å²) in [6.07, 6.45) is 22.8. The highest BCUT2D eigenvalue weighted by molar-refractivity contribution is 7.80. The Labute approximate surface area is 156 Å². The van der Waals surface area contributed by atoms with E-state index in [1.54, 1.807) is 0 Å². The number of unbranched alkanes of at least 4 members (excludes halogenated alkanes) is 11. The van der Waals surface area contributed by atoms with Crippen molar-refractivity contribution in [2.24, 2.45) is 0 Å². The highest BCUT2D eigenvalue weighted by Crippen LogP contribution is 2.10. The number of thiol groups is 1. The Morgan fingerprint density at radius 3 is 1.92 bits per heavy atom. The van der Waals surface area contributed by atoms with E-state index in [2.05, 4.69) is 31.7 Å². The third-order valence-electron chi connectivity index (χ3n) is 4.21. The van der Waals surface area contributed by atoms with E-state index in [0.29, 0.717) is 13.0 Å². The van der Waals surface area contributed by atoms with Crippen LogP contribution in [-0.4, -0.2) is 18.3 Å². The minimum atomic E-state index is -0.0468. The molecule has 0 radical (unpaired) electrons. The maximum Gasteiger partial charge on any atom is 0.305 e. The number of esters is 1. The molecule has 0 unspecified atom stereocenters. The zero-order valence-electron chi connectivity index (χ0n) is 15.9. The fraction of sp³-hybridized carbons (Fsp3) is 0.857. The molecular weight excluding hydrogens is 316 g/mol. The van der Waals surface area contributed by atoms with Crippen molar-refractivity contribution in [1.82, 2.24) is 0 Å². The first-order valence-corrected chi connectivity index (χ1v) is 10.9. The van der Waals surface area contributed by atoms with Crippen molar-refractivity contribution in [1.29, 1.82) is 0 Å². The molecule has 0 aliphatic heterocycles. The van der Waals surface area contributed by atoms with E-state index in [-0.39, 0.29) is 5.97 Å². The molecule has 24 heavy (non-hydrogen) atoms. The van der Waals surface area contributed by atoms with Gasteiger partial charge in [0.1, 0.15) is 0 Å². The summed E-state index contributed by atoms with van der Waals surface area (Å²) in [6, 6.07) is 0. The second-order valence-electron chi connectivity index (χ2n) is 6.63. The average Bonchev–Trinajstić information content (AvgIpc) is 2.58. The Hall–Kier alpha value is -0.440. The van der Waals surface area contributed by atoms with Gasteiger partial charge in [-0.2, -0.15) is 12.6 Å². The van der Waals surface area contributed by atoms with Crippen molar-refractivity contribution in [3.63, 3.8) is 0 Å². The summed E-state index contributed by atoms with van der Waals surface area (Å²) < 4.78 is 5.10. The van der Waals surface area contributed by atoms with E-state index in [9.17, 15) is 4.79 Å². The summed E-state index contributed by atoms with van der Waals surface area (Å²) in [5.74, 6) is 0.732. The normalized spacial score (nSPS) is 11.2. The lowest BCUT2D eigenvalue weighted by Gasteiger charge is -2.03. The SMILES string of the molecule is CCCCCCCCC=CCCCCCCCC(=O)OCCCS. The fourth-order valence-corrected chi connectivity index (χ4v) is 2.79. The van der Waals surface area contributed by atoms with Crippen molar-refractivity contribution < 1.29 is 9.53 Å². The molecule has 0 rings (SSSR count). The summed E-state index contributed by atoms with van der Waals surface area (Å²) >= 11 is 4.09. The number of ether oxygens (including phenoxy) is 1. The number of carbonyl (C=O) groups is 1. The van der Waals surface area contributed by atoms with Crippen LogP contribution in [0.25, 0.3) is 0 Å². The number of hydrogen-bond acceptors (Lipinski definition) is 3. The zero-order valence-corrected chi connectivity index (χ0v) is 16.8. The third kappa shape index (κ3) is 19.6. The average molecular weight is 357 g/mol. The third-order valence-corrected chi connectivity index (χ3v) is 4.52. The molecule has 0 bridgehead atoms. The van der Waals surface area contributed by atoms with Gasteiger partial charge in [-0.3, -0.25) is 4.79 Å². The van der Waals surface area contributed by atoms with Crippen LogP contribution in [-0.2, 0) is 9.53 Å². The van der Waals surface area contributed by atoms with Crippen molar-refractivity contribution in [2.75, 3.05) is 12.4 Å². The Bertz CT molecular complexity index is 290. The summed E-state index contributed by atoms with van der Waals surface area (Å²) in [7, 11) is 0. The van der Waals surface area contributed by atoms with Crippen LogP contribution in [0.2, 0.25) is 0 Å². The summed E-state index contributed by atoms with van der Waals surface area (Å²) in [6.45, 7) is 2.79. The zero-order chi connectivity index (χ0) is 17.7.